The molecule has 7 heteroatoms. The number of morpholine rings is 1. The zero-order chi connectivity index (χ0) is 17.1. The lowest BCUT2D eigenvalue weighted by molar-refractivity contribution is -0.0672. The topological polar surface area (TPSA) is 66.5 Å². The number of thiazole rings is 1. The lowest BCUT2D eigenvalue weighted by atomic mass is 10.2. The van der Waals surface area contributed by atoms with Crippen molar-refractivity contribution in [2.45, 2.75) is 33.0 Å². The summed E-state index contributed by atoms with van der Waals surface area (Å²) in [5.41, 5.74) is 1.76. The van der Waals surface area contributed by atoms with Gasteiger partial charge in [0.1, 0.15) is 0 Å². The van der Waals surface area contributed by atoms with Crippen LogP contribution in [0.5, 0.6) is 0 Å². The van der Waals surface area contributed by atoms with Crippen LogP contribution in [0.3, 0.4) is 0 Å². The minimum Gasteiger partial charge on any atom is -0.373 e. The summed E-state index contributed by atoms with van der Waals surface area (Å²) in [4.78, 5) is 18.8. The number of nitrogens with zero attached hydrogens (tertiary/aromatic N) is 2. The summed E-state index contributed by atoms with van der Waals surface area (Å²) in [5.74, 6) is 0. The average molecular weight is 348 g/mol. The van der Waals surface area contributed by atoms with Gasteiger partial charge in [-0.25, -0.2) is 9.78 Å². The van der Waals surface area contributed by atoms with Gasteiger partial charge in [-0.3, -0.25) is 4.90 Å². The number of fused-ring (bicyclic) bond motifs is 1. The highest BCUT2D eigenvalue weighted by atomic mass is 32.1. The molecule has 1 aromatic heterocycles. The number of rotatable bonds is 4. The Balaban J connectivity index is 1.46. The minimum atomic E-state index is -0.176. The quantitative estimate of drug-likeness (QED) is 0.892. The second-order valence-corrected chi connectivity index (χ2v) is 7.55. The SMILES string of the molecule is Cc1nc2ccc(NC(=O)NCCN3C[C@@H](C)O[C@@H](C)C3)cc2s1. The fourth-order valence-electron chi connectivity index (χ4n) is 3.09. The van der Waals surface area contributed by atoms with Crippen LogP contribution in [0.1, 0.15) is 18.9 Å². The lowest BCUT2D eigenvalue weighted by Gasteiger charge is -2.35. The number of benzene rings is 1. The fourth-order valence-corrected chi connectivity index (χ4v) is 3.95. The molecule has 0 unspecified atom stereocenters. The normalized spacial score (nSPS) is 21.8. The first-order chi connectivity index (χ1) is 11.5. The van der Waals surface area contributed by atoms with E-state index in [4.69, 9.17) is 4.74 Å². The standard InChI is InChI=1S/C17H24N4O2S/c1-11-9-21(10-12(2)23-11)7-6-18-17(22)20-14-4-5-15-16(8-14)24-13(3)19-15/h4-5,8,11-12H,6-7,9-10H2,1-3H3,(H2,18,20,22)/t11-,12+. The molecule has 3 rings (SSSR count). The second kappa shape index (κ2) is 7.46. The number of anilines is 1. The largest absolute Gasteiger partial charge is 0.373 e. The van der Waals surface area contributed by atoms with Crippen LogP contribution < -0.4 is 10.6 Å². The van der Waals surface area contributed by atoms with E-state index in [2.05, 4.69) is 34.4 Å². The summed E-state index contributed by atoms with van der Waals surface area (Å²) in [6, 6.07) is 5.60. The van der Waals surface area contributed by atoms with Crippen LogP contribution in [0.4, 0.5) is 10.5 Å². The number of urea groups is 1. The Morgan fingerprint density at radius 1 is 1.38 bits per heavy atom. The lowest BCUT2D eigenvalue weighted by Crippen LogP contribution is -2.48. The van der Waals surface area contributed by atoms with E-state index in [0.717, 1.165) is 40.5 Å². The third-order valence-corrected chi connectivity index (χ3v) is 4.90. The third kappa shape index (κ3) is 4.43. The van der Waals surface area contributed by atoms with Crippen LogP contribution in [0.15, 0.2) is 18.2 Å². The number of hydrogen-bond acceptors (Lipinski definition) is 5. The summed E-state index contributed by atoms with van der Waals surface area (Å²) in [7, 11) is 0. The smallest absolute Gasteiger partial charge is 0.319 e. The van der Waals surface area contributed by atoms with E-state index < -0.39 is 0 Å². The molecule has 6 nitrogen and oxygen atoms in total. The molecule has 1 saturated heterocycles. The first-order valence-electron chi connectivity index (χ1n) is 8.29. The Labute approximate surface area is 146 Å². The molecule has 0 aliphatic carbocycles. The Morgan fingerprint density at radius 2 is 2.12 bits per heavy atom. The molecule has 2 amide bonds. The molecule has 24 heavy (non-hydrogen) atoms. The van der Waals surface area contributed by atoms with Crippen LogP contribution in [-0.4, -0.2) is 54.3 Å². The molecule has 2 N–H and O–H groups in total. The van der Waals surface area contributed by atoms with E-state index in [1.54, 1.807) is 11.3 Å². The molecule has 0 bridgehead atoms. The zero-order valence-corrected chi connectivity index (χ0v) is 15.2. The number of aromatic nitrogens is 1. The zero-order valence-electron chi connectivity index (χ0n) is 14.3. The number of carbonyl (C=O) groups excluding carboxylic acids is 1. The number of ether oxygens (including phenoxy) is 1. The van der Waals surface area contributed by atoms with Crippen molar-refractivity contribution in [3.63, 3.8) is 0 Å². The fraction of sp³-hybridized carbons (Fsp3) is 0.529. The van der Waals surface area contributed by atoms with E-state index in [1.165, 1.54) is 0 Å². The van der Waals surface area contributed by atoms with Crippen LogP contribution in [0.25, 0.3) is 10.2 Å². The highest BCUT2D eigenvalue weighted by molar-refractivity contribution is 7.18. The van der Waals surface area contributed by atoms with E-state index in [-0.39, 0.29) is 18.2 Å². The second-order valence-electron chi connectivity index (χ2n) is 6.31. The van der Waals surface area contributed by atoms with Crippen LogP contribution >= 0.6 is 11.3 Å². The van der Waals surface area contributed by atoms with Crippen molar-refractivity contribution >= 4 is 33.3 Å². The first-order valence-corrected chi connectivity index (χ1v) is 9.11. The summed E-state index contributed by atoms with van der Waals surface area (Å²) >= 11 is 1.63. The van der Waals surface area contributed by atoms with Gasteiger partial charge in [0, 0.05) is 31.9 Å². The predicted molar refractivity (Wildman–Crippen MR) is 97.8 cm³/mol. The van der Waals surface area contributed by atoms with Crippen LogP contribution in [0, 0.1) is 6.92 Å². The van der Waals surface area contributed by atoms with Gasteiger partial charge >= 0.3 is 6.03 Å². The van der Waals surface area contributed by atoms with Gasteiger partial charge in [0.05, 0.1) is 27.4 Å². The number of carbonyl (C=O) groups is 1. The Kier molecular flexibility index (Phi) is 5.33. The molecule has 2 atom stereocenters. The molecule has 1 fully saturated rings. The van der Waals surface area contributed by atoms with Gasteiger partial charge in [0.15, 0.2) is 0 Å². The Morgan fingerprint density at radius 3 is 2.88 bits per heavy atom. The molecule has 0 saturated carbocycles. The van der Waals surface area contributed by atoms with Gasteiger partial charge in [0.2, 0.25) is 0 Å². The Hall–Kier alpha value is -1.70. The summed E-state index contributed by atoms with van der Waals surface area (Å²) < 4.78 is 6.80. The van der Waals surface area contributed by atoms with Crippen molar-refractivity contribution in [3.05, 3.63) is 23.2 Å². The minimum absolute atomic E-state index is 0.176. The number of amides is 2. The predicted octanol–water partition coefficient (Wildman–Crippen LogP) is 2.84. The number of aryl methyl sites for hydroxylation is 1. The monoisotopic (exact) mass is 348 g/mol. The van der Waals surface area contributed by atoms with Crippen molar-refractivity contribution in [1.82, 2.24) is 15.2 Å². The highest BCUT2D eigenvalue weighted by Crippen LogP contribution is 2.24. The van der Waals surface area contributed by atoms with E-state index >= 15 is 0 Å². The molecule has 0 spiro atoms. The summed E-state index contributed by atoms with van der Waals surface area (Å²) in [6.45, 7) is 9.42. The molecular formula is C17H24N4O2S. The highest BCUT2D eigenvalue weighted by Gasteiger charge is 2.21. The maximum absolute atomic E-state index is 12.0. The van der Waals surface area contributed by atoms with E-state index in [1.807, 2.05) is 25.1 Å². The molecule has 130 valence electrons. The van der Waals surface area contributed by atoms with E-state index in [9.17, 15) is 4.79 Å². The van der Waals surface area contributed by atoms with Gasteiger partial charge in [-0.2, -0.15) is 0 Å². The van der Waals surface area contributed by atoms with Gasteiger partial charge in [-0.05, 0) is 39.0 Å². The van der Waals surface area contributed by atoms with Gasteiger partial charge < -0.3 is 15.4 Å². The summed E-state index contributed by atoms with van der Waals surface area (Å²) in [5, 5.41) is 6.83. The van der Waals surface area contributed by atoms with Crippen molar-refractivity contribution in [3.8, 4) is 0 Å². The summed E-state index contributed by atoms with van der Waals surface area (Å²) in [6.07, 6.45) is 0.495. The molecule has 2 aromatic rings. The van der Waals surface area contributed by atoms with Gasteiger partial charge in [-0.15, -0.1) is 11.3 Å². The molecular weight excluding hydrogens is 324 g/mol. The Bertz CT molecular complexity index is 708. The third-order valence-electron chi connectivity index (χ3n) is 3.96. The maximum Gasteiger partial charge on any atom is 0.319 e. The van der Waals surface area contributed by atoms with Crippen LogP contribution in [-0.2, 0) is 4.74 Å². The van der Waals surface area contributed by atoms with Gasteiger partial charge in [0.25, 0.3) is 0 Å². The van der Waals surface area contributed by atoms with Gasteiger partial charge in [-0.1, -0.05) is 0 Å². The van der Waals surface area contributed by atoms with Crippen molar-refractivity contribution in [2.75, 3.05) is 31.5 Å². The van der Waals surface area contributed by atoms with Crippen molar-refractivity contribution in [2.24, 2.45) is 0 Å². The average Bonchev–Trinajstić information content (AvgIpc) is 2.85. The molecule has 1 aliphatic rings. The molecule has 1 aliphatic heterocycles. The molecule has 2 heterocycles. The maximum atomic E-state index is 12.0. The number of hydrogen-bond donors (Lipinski definition) is 2. The van der Waals surface area contributed by atoms with E-state index in [0.29, 0.717) is 6.54 Å². The first kappa shape index (κ1) is 17.1. The number of nitrogens with one attached hydrogen (secondary N) is 2. The molecule has 1 aromatic carbocycles. The molecule has 0 radical (unpaired) electrons. The van der Waals surface area contributed by atoms with Crippen molar-refractivity contribution in [1.29, 1.82) is 0 Å². The van der Waals surface area contributed by atoms with Crippen LogP contribution in [0.2, 0.25) is 0 Å². The van der Waals surface area contributed by atoms with Crippen molar-refractivity contribution < 1.29 is 9.53 Å².